The quantitative estimate of drug-likeness (QED) is 0.676. The van der Waals surface area contributed by atoms with Crippen LogP contribution in [-0.2, 0) is 6.42 Å². The highest BCUT2D eigenvalue weighted by Gasteiger charge is 2.43. The van der Waals surface area contributed by atoms with Crippen LogP contribution < -0.4 is 5.32 Å². The van der Waals surface area contributed by atoms with Gasteiger partial charge in [-0.05, 0) is 36.8 Å². The SMILES string of the molecule is CN=C(NCCc1nc2ccccc2[nH]1)N1CCC2(CCC2)C1. The van der Waals surface area contributed by atoms with Gasteiger partial charge in [0.1, 0.15) is 5.82 Å². The highest BCUT2D eigenvalue weighted by atomic mass is 15.3. The molecule has 0 atom stereocenters. The molecule has 1 saturated heterocycles. The van der Waals surface area contributed by atoms with Crippen LogP contribution in [0.1, 0.15) is 31.5 Å². The fourth-order valence-corrected chi connectivity index (χ4v) is 3.95. The molecule has 5 nitrogen and oxygen atoms in total. The Morgan fingerprint density at radius 1 is 1.35 bits per heavy atom. The molecule has 2 N–H and O–H groups in total. The maximum Gasteiger partial charge on any atom is 0.193 e. The summed E-state index contributed by atoms with van der Waals surface area (Å²) in [6, 6.07) is 8.18. The third kappa shape index (κ3) is 2.80. The number of nitrogens with one attached hydrogen (secondary N) is 2. The highest BCUT2D eigenvalue weighted by Crippen LogP contribution is 2.47. The number of guanidine groups is 1. The molecule has 4 rings (SSSR count). The predicted molar refractivity (Wildman–Crippen MR) is 93.6 cm³/mol. The van der Waals surface area contributed by atoms with E-state index in [0.29, 0.717) is 5.41 Å². The van der Waals surface area contributed by atoms with Gasteiger partial charge in [-0.1, -0.05) is 18.6 Å². The van der Waals surface area contributed by atoms with E-state index < -0.39 is 0 Å². The zero-order valence-electron chi connectivity index (χ0n) is 13.8. The van der Waals surface area contributed by atoms with Crippen LogP contribution >= 0.6 is 0 Å². The standard InChI is InChI=1S/C18H25N5/c1-19-17(23-12-10-18(13-23)8-4-9-18)20-11-7-16-21-14-5-2-3-6-15(14)22-16/h2-3,5-6H,4,7-13H2,1H3,(H,19,20)(H,21,22). The van der Waals surface area contributed by atoms with Crippen LogP contribution in [0.2, 0.25) is 0 Å². The fourth-order valence-electron chi connectivity index (χ4n) is 3.95. The molecule has 0 radical (unpaired) electrons. The van der Waals surface area contributed by atoms with E-state index in [1.807, 2.05) is 25.2 Å². The summed E-state index contributed by atoms with van der Waals surface area (Å²) in [5.41, 5.74) is 2.76. The molecule has 2 aliphatic rings. The first-order valence-corrected chi connectivity index (χ1v) is 8.67. The van der Waals surface area contributed by atoms with Gasteiger partial charge in [-0.15, -0.1) is 0 Å². The van der Waals surface area contributed by atoms with Crippen molar-refractivity contribution in [2.75, 3.05) is 26.7 Å². The summed E-state index contributed by atoms with van der Waals surface area (Å²) in [4.78, 5) is 14.9. The van der Waals surface area contributed by atoms with Gasteiger partial charge in [-0.25, -0.2) is 4.98 Å². The number of nitrogens with zero attached hydrogens (tertiary/aromatic N) is 3. The van der Waals surface area contributed by atoms with E-state index in [-0.39, 0.29) is 0 Å². The summed E-state index contributed by atoms with van der Waals surface area (Å²) < 4.78 is 0. The molecular formula is C18H25N5. The average Bonchev–Trinajstić information content (AvgIpc) is 3.15. The third-order valence-corrected chi connectivity index (χ3v) is 5.45. The number of para-hydroxylation sites is 2. The van der Waals surface area contributed by atoms with Gasteiger partial charge in [-0.3, -0.25) is 4.99 Å². The normalized spacial score (nSPS) is 20.2. The molecule has 23 heavy (non-hydrogen) atoms. The molecule has 1 saturated carbocycles. The van der Waals surface area contributed by atoms with Gasteiger partial charge in [0.05, 0.1) is 11.0 Å². The van der Waals surface area contributed by atoms with Crippen LogP contribution in [0.15, 0.2) is 29.3 Å². The lowest BCUT2D eigenvalue weighted by atomic mass is 9.68. The summed E-state index contributed by atoms with van der Waals surface area (Å²) in [7, 11) is 1.88. The van der Waals surface area contributed by atoms with Crippen LogP contribution in [0.25, 0.3) is 11.0 Å². The maximum atomic E-state index is 4.63. The van der Waals surface area contributed by atoms with Gasteiger partial charge < -0.3 is 15.2 Å². The van der Waals surface area contributed by atoms with Crippen LogP contribution in [0.5, 0.6) is 0 Å². The van der Waals surface area contributed by atoms with Gasteiger partial charge in [-0.2, -0.15) is 0 Å². The molecule has 2 heterocycles. The number of fused-ring (bicyclic) bond motifs is 1. The third-order valence-electron chi connectivity index (χ3n) is 5.45. The molecule has 1 aliphatic heterocycles. The molecular weight excluding hydrogens is 286 g/mol. The second kappa shape index (κ2) is 5.87. The molecule has 1 spiro atoms. The Balaban J connectivity index is 1.32. The number of aliphatic imine (C=N–C) groups is 1. The first-order chi connectivity index (χ1) is 11.3. The predicted octanol–water partition coefficient (Wildman–Crippen LogP) is 2.56. The largest absolute Gasteiger partial charge is 0.356 e. The Labute approximate surface area is 137 Å². The zero-order chi connectivity index (χ0) is 15.7. The number of benzene rings is 1. The van der Waals surface area contributed by atoms with Gasteiger partial charge >= 0.3 is 0 Å². The lowest BCUT2D eigenvalue weighted by molar-refractivity contribution is 0.151. The smallest absolute Gasteiger partial charge is 0.193 e. The first kappa shape index (κ1) is 14.5. The van der Waals surface area contributed by atoms with E-state index in [1.54, 1.807) is 0 Å². The summed E-state index contributed by atoms with van der Waals surface area (Å²) >= 11 is 0. The van der Waals surface area contributed by atoms with Crippen molar-refractivity contribution in [3.63, 3.8) is 0 Å². The van der Waals surface area contributed by atoms with E-state index in [9.17, 15) is 0 Å². The van der Waals surface area contributed by atoms with Crippen molar-refractivity contribution in [1.29, 1.82) is 0 Å². The molecule has 2 aromatic rings. The van der Waals surface area contributed by atoms with Gasteiger partial charge in [0.15, 0.2) is 5.96 Å². The second-order valence-electron chi connectivity index (χ2n) is 6.95. The average molecular weight is 311 g/mol. The van der Waals surface area contributed by atoms with Crippen molar-refractivity contribution in [3.05, 3.63) is 30.1 Å². The van der Waals surface area contributed by atoms with Crippen molar-refractivity contribution in [3.8, 4) is 0 Å². The number of hydrogen-bond donors (Lipinski definition) is 2. The lowest BCUT2D eigenvalue weighted by Gasteiger charge is -2.38. The van der Waals surface area contributed by atoms with E-state index in [1.165, 1.54) is 32.2 Å². The molecule has 5 heteroatoms. The van der Waals surface area contributed by atoms with Gasteiger partial charge in [0, 0.05) is 33.1 Å². The van der Waals surface area contributed by atoms with Crippen molar-refractivity contribution >= 4 is 17.0 Å². The molecule has 0 amide bonds. The number of rotatable bonds is 3. The molecule has 122 valence electrons. The Hall–Kier alpha value is -2.04. The number of likely N-dealkylation sites (tertiary alicyclic amines) is 1. The summed E-state index contributed by atoms with van der Waals surface area (Å²) in [6.07, 6.45) is 6.43. The Morgan fingerprint density at radius 2 is 2.22 bits per heavy atom. The van der Waals surface area contributed by atoms with Crippen LogP contribution in [-0.4, -0.2) is 47.5 Å². The number of hydrogen-bond acceptors (Lipinski definition) is 2. The fraction of sp³-hybridized carbons (Fsp3) is 0.556. The van der Waals surface area contributed by atoms with Gasteiger partial charge in [0.2, 0.25) is 0 Å². The molecule has 1 aromatic heterocycles. The molecule has 1 aliphatic carbocycles. The van der Waals surface area contributed by atoms with E-state index in [2.05, 4.69) is 31.2 Å². The lowest BCUT2D eigenvalue weighted by Crippen LogP contribution is -2.43. The van der Waals surface area contributed by atoms with Crippen LogP contribution in [0.3, 0.4) is 0 Å². The Bertz CT molecular complexity index is 680. The zero-order valence-corrected chi connectivity index (χ0v) is 13.8. The van der Waals surface area contributed by atoms with Crippen molar-refractivity contribution < 1.29 is 0 Å². The minimum absolute atomic E-state index is 0.607. The van der Waals surface area contributed by atoms with Gasteiger partial charge in [0.25, 0.3) is 0 Å². The van der Waals surface area contributed by atoms with E-state index in [4.69, 9.17) is 0 Å². The summed E-state index contributed by atoms with van der Waals surface area (Å²) in [6.45, 7) is 3.18. The number of H-pyrrole nitrogens is 1. The Morgan fingerprint density at radius 3 is 2.91 bits per heavy atom. The molecule has 1 aromatic carbocycles. The maximum absolute atomic E-state index is 4.63. The number of imidazole rings is 1. The molecule has 0 bridgehead atoms. The summed E-state index contributed by atoms with van der Waals surface area (Å²) in [5, 5.41) is 3.51. The van der Waals surface area contributed by atoms with E-state index in [0.717, 1.165) is 42.3 Å². The first-order valence-electron chi connectivity index (χ1n) is 8.67. The van der Waals surface area contributed by atoms with Crippen molar-refractivity contribution in [1.82, 2.24) is 20.2 Å². The summed E-state index contributed by atoms with van der Waals surface area (Å²) in [5.74, 6) is 2.08. The second-order valence-corrected chi connectivity index (χ2v) is 6.95. The molecule has 2 fully saturated rings. The monoisotopic (exact) mass is 311 g/mol. The topological polar surface area (TPSA) is 56.3 Å². The van der Waals surface area contributed by atoms with Crippen LogP contribution in [0.4, 0.5) is 0 Å². The minimum atomic E-state index is 0.607. The number of aromatic amines is 1. The van der Waals surface area contributed by atoms with Crippen molar-refractivity contribution in [2.24, 2.45) is 10.4 Å². The van der Waals surface area contributed by atoms with E-state index >= 15 is 0 Å². The van der Waals surface area contributed by atoms with Crippen molar-refractivity contribution in [2.45, 2.75) is 32.1 Å². The number of aromatic nitrogens is 2. The minimum Gasteiger partial charge on any atom is -0.356 e. The highest BCUT2D eigenvalue weighted by molar-refractivity contribution is 5.80. The van der Waals surface area contributed by atoms with Crippen LogP contribution in [0, 0.1) is 5.41 Å². The molecule has 0 unspecified atom stereocenters. The Kier molecular flexibility index (Phi) is 3.71.